The highest BCUT2D eigenvalue weighted by Gasteiger charge is 2.30. The molecule has 2 aliphatic rings. The van der Waals surface area contributed by atoms with Crippen LogP contribution in [0.1, 0.15) is 32.6 Å². The summed E-state index contributed by atoms with van der Waals surface area (Å²) in [5.74, 6) is 0.603. The summed E-state index contributed by atoms with van der Waals surface area (Å²) in [6.07, 6.45) is 3.93. The minimum absolute atomic E-state index is 0.0683. The van der Waals surface area contributed by atoms with Gasteiger partial charge in [0.1, 0.15) is 0 Å². The number of rotatable bonds is 6. The first-order valence-corrected chi connectivity index (χ1v) is 9.63. The number of hydrogen-bond donors (Lipinski definition) is 2. The number of likely N-dealkylation sites (N-methyl/N-ethyl adjacent to an activating group) is 1. The molecule has 0 bridgehead atoms. The first kappa shape index (κ1) is 17.1. The van der Waals surface area contributed by atoms with Crippen LogP contribution < -0.4 is 10.0 Å². The van der Waals surface area contributed by atoms with Crippen LogP contribution in [0.25, 0.3) is 0 Å². The maximum atomic E-state index is 12.5. The zero-order valence-electron chi connectivity index (χ0n) is 13.3. The second-order valence-electron chi connectivity index (χ2n) is 6.26. The van der Waals surface area contributed by atoms with Crippen LogP contribution in [-0.2, 0) is 10.2 Å². The molecule has 21 heavy (non-hydrogen) atoms. The molecule has 2 heterocycles. The van der Waals surface area contributed by atoms with Gasteiger partial charge in [0.25, 0.3) is 10.2 Å². The van der Waals surface area contributed by atoms with Crippen molar-refractivity contribution in [3.63, 3.8) is 0 Å². The van der Waals surface area contributed by atoms with Gasteiger partial charge in [0.2, 0.25) is 0 Å². The van der Waals surface area contributed by atoms with Gasteiger partial charge in [-0.15, -0.1) is 0 Å². The highest BCUT2D eigenvalue weighted by atomic mass is 32.2. The van der Waals surface area contributed by atoms with E-state index in [1.165, 1.54) is 0 Å². The van der Waals surface area contributed by atoms with Crippen molar-refractivity contribution in [3.8, 4) is 0 Å². The van der Waals surface area contributed by atoms with Gasteiger partial charge < -0.3 is 10.2 Å². The summed E-state index contributed by atoms with van der Waals surface area (Å²) < 4.78 is 29.5. The van der Waals surface area contributed by atoms with Gasteiger partial charge in [-0.3, -0.25) is 0 Å². The van der Waals surface area contributed by atoms with Crippen LogP contribution in [0.3, 0.4) is 0 Å². The molecule has 1 atom stereocenters. The van der Waals surface area contributed by atoms with Crippen molar-refractivity contribution < 1.29 is 8.42 Å². The van der Waals surface area contributed by atoms with Gasteiger partial charge in [0, 0.05) is 25.7 Å². The molecule has 0 aromatic rings. The van der Waals surface area contributed by atoms with E-state index in [9.17, 15) is 8.42 Å². The molecule has 0 amide bonds. The molecule has 0 aromatic heterocycles. The Morgan fingerprint density at radius 2 is 1.86 bits per heavy atom. The fourth-order valence-corrected chi connectivity index (χ4v) is 4.82. The maximum absolute atomic E-state index is 12.5. The molecule has 0 aliphatic carbocycles. The van der Waals surface area contributed by atoms with Crippen molar-refractivity contribution in [2.75, 3.05) is 46.3 Å². The number of nitrogens with one attached hydrogen (secondary N) is 2. The summed E-state index contributed by atoms with van der Waals surface area (Å²) in [4.78, 5) is 2.32. The fraction of sp³-hybridized carbons (Fsp3) is 1.00. The minimum atomic E-state index is -3.32. The van der Waals surface area contributed by atoms with E-state index in [0.29, 0.717) is 19.0 Å². The van der Waals surface area contributed by atoms with Gasteiger partial charge >= 0.3 is 0 Å². The monoisotopic (exact) mass is 318 g/mol. The Kier molecular flexibility index (Phi) is 6.43. The lowest BCUT2D eigenvalue weighted by Crippen LogP contribution is -2.53. The zero-order chi connectivity index (χ0) is 15.3. The molecule has 2 saturated heterocycles. The topological polar surface area (TPSA) is 64.7 Å². The second-order valence-corrected chi connectivity index (χ2v) is 7.96. The average Bonchev–Trinajstić information content (AvgIpc) is 2.48. The van der Waals surface area contributed by atoms with Crippen LogP contribution in [0.4, 0.5) is 0 Å². The summed E-state index contributed by atoms with van der Waals surface area (Å²) in [5, 5.41) is 3.18. The number of piperidine rings is 2. The van der Waals surface area contributed by atoms with Gasteiger partial charge in [0.15, 0.2) is 0 Å². The minimum Gasteiger partial charge on any atom is -0.319 e. The molecule has 0 spiro atoms. The van der Waals surface area contributed by atoms with Crippen molar-refractivity contribution >= 4 is 10.2 Å². The molecule has 7 heteroatoms. The lowest BCUT2D eigenvalue weighted by atomic mass is 9.98. The number of nitrogens with zero attached hydrogens (tertiary/aromatic N) is 2. The normalized spacial score (nSPS) is 27.0. The van der Waals surface area contributed by atoms with Gasteiger partial charge in [0.05, 0.1) is 0 Å². The Balaban J connectivity index is 1.84. The molecular formula is C14H30N4O2S. The van der Waals surface area contributed by atoms with Gasteiger partial charge in [-0.25, -0.2) is 0 Å². The molecule has 2 aliphatic heterocycles. The van der Waals surface area contributed by atoms with Gasteiger partial charge in [-0.05, 0) is 58.3 Å². The number of likely N-dealkylation sites (tertiary alicyclic amines) is 1. The van der Waals surface area contributed by atoms with Crippen LogP contribution in [0.15, 0.2) is 0 Å². The second kappa shape index (κ2) is 7.87. The van der Waals surface area contributed by atoms with E-state index in [-0.39, 0.29) is 6.04 Å². The van der Waals surface area contributed by atoms with E-state index in [1.807, 2.05) is 7.05 Å². The lowest BCUT2D eigenvalue weighted by molar-refractivity contribution is 0.207. The van der Waals surface area contributed by atoms with E-state index in [4.69, 9.17) is 0 Å². The fourth-order valence-electron chi connectivity index (χ4n) is 3.37. The Hall–Kier alpha value is -0.210. The molecule has 2 fully saturated rings. The summed E-state index contributed by atoms with van der Waals surface area (Å²) in [7, 11) is -1.37. The summed E-state index contributed by atoms with van der Waals surface area (Å²) in [6, 6.07) is 0.0683. The molecule has 2 rings (SSSR count). The van der Waals surface area contributed by atoms with E-state index >= 15 is 0 Å². The van der Waals surface area contributed by atoms with Crippen LogP contribution >= 0.6 is 0 Å². The SMILES string of the molecule is CCN1CCCC(NS(=O)(=O)N2CCC(CNC)CC2)C1. The van der Waals surface area contributed by atoms with E-state index in [2.05, 4.69) is 21.9 Å². The molecule has 124 valence electrons. The largest absolute Gasteiger partial charge is 0.319 e. The first-order valence-electron chi connectivity index (χ1n) is 8.19. The summed E-state index contributed by atoms with van der Waals surface area (Å²) in [6.45, 7) is 7.32. The van der Waals surface area contributed by atoms with Crippen LogP contribution in [0.5, 0.6) is 0 Å². The molecule has 1 unspecified atom stereocenters. The first-order chi connectivity index (χ1) is 10.0. The highest BCUT2D eigenvalue weighted by Crippen LogP contribution is 2.19. The third-order valence-electron chi connectivity index (χ3n) is 4.67. The Bertz CT molecular complexity index is 407. The van der Waals surface area contributed by atoms with Crippen molar-refractivity contribution in [2.24, 2.45) is 5.92 Å². The van der Waals surface area contributed by atoms with Gasteiger partial charge in [-0.1, -0.05) is 6.92 Å². The van der Waals surface area contributed by atoms with Crippen molar-refractivity contribution in [2.45, 2.75) is 38.6 Å². The third-order valence-corrected chi connectivity index (χ3v) is 6.35. The quantitative estimate of drug-likeness (QED) is 0.736. The zero-order valence-corrected chi connectivity index (χ0v) is 14.2. The van der Waals surface area contributed by atoms with Crippen LogP contribution in [-0.4, -0.2) is 70.0 Å². The summed E-state index contributed by atoms with van der Waals surface area (Å²) in [5.41, 5.74) is 0. The van der Waals surface area contributed by atoms with Crippen molar-refractivity contribution in [3.05, 3.63) is 0 Å². The van der Waals surface area contributed by atoms with E-state index in [1.54, 1.807) is 4.31 Å². The third kappa shape index (κ3) is 4.89. The molecular weight excluding hydrogens is 288 g/mol. The smallest absolute Gasteiger partial charge is 0.279 e. The predicted molar refractivity (Wildman–Crippen MR) is 85.4 cm³/mol. The highest BCUT2D eigenvalue weighted by molar-refractivity contribution is 7.87. The standard InChI is InChI=1S/C14H30N4O2S/c1-3-17-8-4-5-14(12-17)16-21(19,20)18-9-6-13(7-10-18)11-15-2/h13-16H,3-12H2,1-2H3. The van der Waals surface area contributed by atoms with Gasteiger partial charge in [-0.2, -0.15) is 17.4 Å². The Morgan fingerprint density at radius 1 is 1.14 bits per heavy atom. The Labute approximate surface area is 129 Å². The van der Waals surface area contributed by atoms with Crippen LogP contribution in [0, 0.1) is 5.92 Å². The lowest BCUT2D eigenvalue weighted by Gasteiger charge is -2.35. The van der Waals surface area contributed by atoms with E-state index < -0.39 is 10.2 Å². The average molecular weight is 318 g/mol. The van der Waals surface area contributed by atoms with Crippen LogP contribution in [0.2, 0.25) is 0 Å². The molecule has 0 aromatic carbocycles. The molecule has 6 nitrogen and oxygen atoms in total. The van der Waals surface area contributed by atoms with Crippen molar-refractivity contribution in [1.29, 1.82) is 0 Å². The maximum Gasteiger partial charge on any atom is 0.279 e. The summed E-state index contributed by atoms with van der Waals surface area (Å²) >= 11 is 0. The van der Waals surface area contributed by atoms with Crippen molar-refractivity contribution in [1.82, 2.24) is 19.2 Å². The molecule has 2 N–H and O–H groups in total. The predicted octanol–water partition coefficient (Wildman–Crippen LogP) is 0.237. The molecule has 0 radical (unpaired) electrons. The van der Waals surface area contributed by atoms with E-state index in [0.717, 1.165) is 51.9 Å². The Morgan fingerprint density at radius 3 is 2.48 bits per heavy atom. The number of hydrogen-bond acceptors (Lipinski definition) is 4. The molecule has 0 saturated carbocycles.